The van der Waals surface area contributed by atoms with Crippen molar-refractivity contribution in [1.29, 1.82) is 0 Å². The van der Waals surface area contributed by atoms with E-state index in [1.807, 2.05) is 13.0 Å². The largest absolute Gasteiger partial charge is 0.478 e. The van der Waals surface area contributed by atoms with Gasteiger partial charge >= 0.3 is 5.97 Å². The fourth-order valence-corrected chi connectivity index (χ4v) is 2.94. The van der Waals surface area contributed by atoms with Gasteiger partial charge < -0.3 is 10.4 Å². The van der Waals surface area contributed by atoms with E-state index in [9.17, 15) is 4.79 Å². The van der Waals surface area contributed by atoms with E-state index in [-0.39, 0.29) is 0 Å². The molecule has 1 unspecified atom stereocenters. The molecule has 2 N–H and O–H groups in total. The highest BCUT2D eigenvalue weighted by molar-refractivity contribution is 5.89. The molecule has 3 heteroatoms. The minimum absolute atomic E-state index is 0.354. The van der Waals surface area contributed by atoms with Crippen LogP contribution in [0.5, 0.6) is 0 Å². The number of rotatable bonds is 3. The predicted octanol–water partition coefficient (Wildman–Crippen LogP) is 4.46. The van der Waals surface area contributed by atoms with Gasteiger partial charge in [-0.2, -0.15) is 0 Å². The highest BCUT2D eigenvalue weighted by Crippen LogP contribution is 2.35. The SMILES string of the molecule is Cc1ccc(C(=O)O)cc1NC1CCCC(C)(C)CC1. The number of nitrogens with one attached hydrogen (secondary N) is 1. The molecule has 1 aliphatic rings. The first-order valence-electron chi connectivity index (χ1n) is 7.48. The lowest BCUT2D eigenvalue weighted by Gasteiger charge is -2.23. The Morgan fingerprint density at radius 3 is 2.75 bits per heavy atom. The molecule has 1 atom stereocenters. The van der Waals surface area contributed by atoms with Crippen LogP contribution in [0.3, 0.4) is 0 Å². The number of carboxylic acid groups (broad SMARTS) is 1. The van der Waals surface area contributed by atoms with E-state index < -0.39 is 5.97 Å². The van der Waals surface area contributed by atoms with Gasteiger partial charge in [0.15, 0.2) is 0 Å². The van der Waals surface area contributed by atoms with Gasteiger partial charge in [-0.1, -0.05) is 26.3 Å². The van der Waals surface area contributed by atoms with Crippen LogP contribution in [-0.2, 0) is 0 Å². The van der Waals surface area contributed by atoms with Crippen LogP contribution in [0.1, 0.15) is 61.9 Å². The van der Waals surface area contributed by atoms with Crippen LogP contribution >= 0.6 is 0 Å². The number of carbonyl (C=O) groups is 1. The van der Waals surface area contributed by atoms with E-state index in [1.165, 1.54) is 25.7 Å². The zero-order chi connectivity index (χ0) is 14.8. The summed E-state index contributed by atoms with van der Waals surface area (Å²) in [5, 5.41) is 12.7. The first kappa shape index (κ1) is 14.9. The molecule has 2 rings (SSSR count). The zero-order valence-electron chi connectivity index (χ0n) is 12.7. The Bertz CT molecular complexity index is 494. The molecule has 0 radical (unpaired) electrons. The van der Waals surface area contributed by atoms with Gasteiger partial charge in [0, 0.05) is 11.7 Å². The van der Waals surface area contributed by atoms with Gasteiger partial charge in [0.2, 0.25) is 0 Å². The van der Waals surface area contributed by atoms with Crippen LogP contribution in [-0.4, -0.2) is 17.1 Å². The fourth-order valence-electron chi connectivity index (χ4n) is 2.94. The third-order valence-corrected chi connectivity index (χ3v) is 4.42. The van der Waals surface area contributed by atoms with Crippen LogP contribution in [0.2, 0.25) is 0 Å². The maximum Gasteiger partial charge on any atom is 0.335 e. The molecule has 1 aromatic rings. The van der Waals surface area contributed by atoms with Crippen LogP contribution < -0.4 is 5.32 Å². The number of anilines is 1. The van der Waals surface area contributed by atoms with E-state index >= 15 is 0 Å². The normalized spacial score (nSPS) is 22.1. The molecule has 1 saturated carbocycles. The maximum atomic E-state index is 11.1. The summed E-state index contributed by atoms with van der Waals surface area (Å²) in [5.41, 5.74) is 2.87. The summed E-state index contributed by atoms with van der Waals surface area (Å²) in [6, 6.07) is 5.76. The lowest BCUT2D eigenvalue weighted by molar-refractivity contribution is 0.0697. The van der Waals surface area contributed by atoms with Crippen molar-refractivity contribution >= 4 is 11.7 Å². The number of aromatic carboxylic acids is 1. The van der Waals surface area contributed by atoms with Crippen molar-refractivity contribution < 1.29 is 9.90 Å². The monoisotopic (exact) mass is 275 g/mol. The molecule has 0 heterocycles. The molecule has 1 aliphatic carbocycles. The van der Waals surface area contributed by atoms with E-state index in [2.05, 4.69) is 19.2 Å². The van der Waals surface area contributed by atoms with Crippen molar-refractivity contribution in [3.8, 4) is 0 Å². The molecule has 0 amide bonds. The van der Waals surface area contributed by atoms with Crippen LogP contribution in [0.15, 0.2) is 18.2 Å². The van der Waals surface area contributed by atoms with E-state index in [0.29, 0.717) is 17.0 Å². The molecule has 0 aromatic heterocycles. The van der Waals surface area contributed by atoms with Crippen molar-refractivity contribution in [2.45, 2.75) is 58.9 Å². The third kappa shape index (κ3) is 3.75. The second kappa shape index (κ2) is 5.86. The molecule has 20 heavy (non-hydrogen) atoms. The Kier molecular flexibility index (Phi) is 4.36. The summed E-state index contributed by atoms with van der Waals surface area (Å²) in [6.07, 6.45) is 6.06. The number of benzene rings is 1. The fraction of sp³-hybridized carbons (Fsp3) is 0.588. The molecule has 0 aliphatic heterocycles. The van der Waals surface area contributed by atoms with Crippen molar-refractivity contribution in [1.82, 2.24) is 0 Å². The summed E-state index contributed by atoms with van der Waals surface area (Å²) in [4.78, 5) is 11.1. The molecule has 1 fully saturated rings. The van der Waals surface area contributed by atoms with E-state index in [0.717, 1.165) is 17.7 Å². The zero-order valence-corrected chi connectivity index (χ0v) is 12.7. The van der Waals surface area contributed by atoms with Crippen LogP contribution in [0, 0.1) is 12.3 Å². The number of hydrogen-bond donors (Lipinski definition) is 2. The van der Waals surface area contributed by atoms with Crippen molar-refractivity contribution in [2.75, 3.05) is 5.32 Å². The third-order valence-electron chi connectivity index (χ3n) is 4.42. The molecule has 1 aromatic carbocycles. The average Bonchev–Trinajstić information content (AvgIpc) is 2.53. The van der Waals surface area contributed by atoms with Gasteiger partial charge in [-0.05, 0) is 55.7 Å². The van der Waals surface area contributed by atoms with Crippen LogP contribution in [0.25, 0.3) is 0 Å². The number of hydrogen-bond acceptors (Lipinski definition) is 2. The Morgan fingerprint density at radius 2 is 2.05 bits per heavy atom. The minimum Gasteiger partial charge on any atom is -0.478 e. The number of carboxylic acids is 1. The van der Waals surface area contributed by atoms with Gasteiger partial charge in [-0.15, -0.1) is 0 Å². The van der Waals surface area contributed by atoms with Gasteiger partial charge in [0.05, 0.1) is 5.56 Å². The topological polar surface area (TPSA) is 49.3 Å². The first-order chi connectivity index (χ1) is 9.37. The molecule has 0 spiro atoms. The summed E-state index contributed by atoms with van der Waals surface area (Å²) in [6.45, 7) is 6.70. The van der Waals surface area contributed by atoms with Gasteiger partial charge in [0.1, 0.15) is 0 Å². The van der Waals surface area contributed by atoms with Crippen molar-refractivity contribution in [3.63, 3.8) is 0 Å². The molecule has 110 valence electrons. The Morgan fingerprint density at radius 1 is 1.30 bits per heavy atom. The van der Waals surface area contributed by atoms with E-state index in [1.54, 1.807) is 12.1 Å². The van der Waals surface area contributed by atoms with Crippen molar-refractivity contribution in [3.05, 3.63) is 29.3 Å². The van der Waals surface area contributed by atoms with Crippen molar-refractivity contribution in [2.24, 2.45) is 5.41 Å². The Hall–Kier alpha value is -1.51. The highest BCUT2D eigenvalue weighted by Gasteiger charge is 2.24. The minimum atomic E-state index is -0.866. The summed E-state index contributed by atoms with van der Waals surface area (Å²) in [5.74, 6) is -0.866. The maximum absolute atomic E-state index is 11.1. The van der Waals surface area contributed by atoms with Gasteiger partial charge in [-0.3, -0.25) is 0 Å². The summed E-state index contributed by atoms with van der Waals surface area (Å²) < 4.78 is 0. The molecule has 3 nitrogen and oxygen atoms in total. The summed E-state index contributed by atoms with van der Waals surface area (Å²) in [7, 11) is 0. The molecular formula is C17H25NO2. The van der Waals surface area contributed by atoms with E-state index in [4.69, 9.17) is 5.11 Å². The second-order valence-corrected chi connectivity index (χ2v) is 6.77. The first-order valence-corrected chi connectivity index (χ1v) is 7.48. The van der Waals surface area contributed by atoms with Gasteiger partial charge in [-0.25, -0.2) is 4.79 Å². The average molecular weight is 275 g/mol. The Labute approximate surface area is 121 Å². The second-order valence-electron chi connectivity index (χ2n) is 6.77. The quantitative estimate of drug-likeness (QED) is 0.800. The molecule has 0 bridgehead atoms. The smallest absolute Gasteiger partial charge is 0.335 e. The molecular weight excluding hydrogens is 250 g/mol. The standard InChI is InChI=1S/C17H25NO2/c1-12-6-7-13(16(19)20)11-15(12)18-14-5-4-9-17(2,3)10-8-14/h6-7,11,14,18H,4-5,8-10H2,1-3H3,(H,19,20). The Balaban J connectivity index is 2.09. The lowest BCUT2D eigenvalue weighted by atomic mass is 9.85. The highest BCUT2D eigenvalue weighted by atomic mass is 16.4. The molecule has 0 saturated heterocycles. The summed E-state index contributed by atoms with van der Waals surface area (Å²) >= 11 is 0. The predicted molar refractivity (Wildman–Crippen MR) is 82.4 cm³/mol. The van der Waals surface area contributed by atoms with Crippen LogP contribution in [0.4, 0.5) is 5.69 Å². The van der Waals surface area contributed by atoms with Gasteiger partial charge in [0.25, 0.3) is 0 Å². The lowest BCUT2D eigenvalue weighted by Crippen LogP contribution is -2.20. The number of aryl methyl sites for hydroxylation is 1.